The predicted molar refractivity (Wildman–Crippen MR) is 69.6 cm³/mol. The number of likely N-dealkylation sites (tertiary alicyclic amines) is 1. The minimum atomic E-state index is -0.621. The lowest BCUT2D eigenvalue weighted by atomic mass is 9.77. The molecule has 0 aromatic carbocycles. The van der Waals surface area contributed by atoms with E-state index in [1.807, 2.05) is 6.92 Å². The molecule has 2 fully saturated rings. The Labute approximate surface area is 109 Å². The molecule has 0 aromatic rings. The van der Waals surface area contributed by atoms with Crippen molar-refractivity contribution in [3.63, 3.8) is 0 Å². The average Bonchev–Trinajstić information content (AvgIpc) is 2.91. The molecular formula is C14H25NO3. The van der Waals surface area contributed by atoms with E-state index in [0.29, 0.717) is 18.5 Å². The van der Waals surface area contributed by atoms with Crippen LogP contribution < -0.4 is 0 Å². The van der Waals surface area contributed by atoms with Gasteiger partial charge < -0.3 is 9.84 Å². The normalized spacial score (nSPS) is 35.6. The van der Waals surface area contributed by atoms with Gasteiger partial charge in [0, 0.05) is 19.2 Å². The highest BCUT2D eigenvalue weighted by atomic mass is 16.5. The minimum absolute atomic E-state index is 0.443. The van der Waals surface area contributed by atoms with E-state index in [1.54, 1.807) is 0 Å². The maximum atomic E-state index is 11.5. The standard InChI is InChI=1S/C14H25NO3/c1-3-14(13(16)17)6-4-7-15(10-14)11(2)12-5-8-18-9-12/h11-12H,3-10H2,1-2H3,(H,16,17). The average molecular weight is 255 g/mol. The van der Waals surface area contributed by atoms with Crippen LogP contribution in [-0.4, -0.2) is 48.3 Å². The van der Waals surface area contributed by atoms with Crippen LogP contribution in [0.5, 0.6) is 0 Å². The first kappa shape index (κ1) is 13.8. The summed E-state index contributed by atoms with van der Waals surface area (Å²) in [5.74, 6) is -0.0453. The van der Waals surface area contributed by atoms with E-state index < -0.39 is 11.4 Å². The third kappa shape index (κ3) is 2.54. The number of aliphatic carboxylic acids is 1. The summed E-state index contributed by atoms with van der Waals surface area (Å²) in [5, 5.41) is 9.50. The molecule has 2 aliphatic heterocycles. The van der Waals surface area contributed by atoms with Crippen molar-refractivity contribution in [3.05, 3.63) is 0 Å². The molecule has 1 N–H and O–H groups in total. The first-order chi connectivity index (χ1) is 8.59. The summed E-state index contributed by atoms with van der Waals surface area (Å²) in [6.45, 7) is 7.67. The first-order valence-electron chi connectivity index (χ1n) is 7.14. The molecule has 2 aliphatic rings. The fraction of sp³-hybridized carbons (Fsp3) is 0.929. The van der Waals surface area contributed by atoms with Gasteiger partial charge in [-0.05, 0) is 45.1 Å². The van der Waals surface area contributed by atoms with Crippen molar-refractivity contribution in [1.82, 2.24) is 4.90 Å². The summed E-state index contributed by atoms with van der Waals surface area (Å²) < 4.78 is 5.45. The highest BCUT2D eigenvalue weighted by molar-refractivity contribution is 5.75. The van der Waals surface area contributed by atoms with Crippen molar-refractivity contribution < 1.29 is 14.6 Å². The van der Waals surface area contributed by atoms with Crippen LogP contribution in [0.25, 0.3) is 0 Å². The fourth-order valence-electron chi connectivity index (χ4n) is 3.36. The lowest BCUT2D eigenvalue weighted by Crippen LogP contribution is -2.52. The molecule has 0 aromatic heterocycles. The van der Waals surface area contributed by atoms with Gasteiger partial charge in [0.2, 0.25) is 0 Å². The van der Waals surface area contributed by atoms with E-state index in [0.717, 1.165) is 45.4 Å². The van der Waals surface area contributed by atoms with E-state index >= 15 is 0 Å². The molecule has 2 heterocycles. The number of hydrogen-bond donors (Lipinski definition) is 1. The zero-order valence-electron chi connectivity index (χ0n) is 11.5. The SMILES string of the molecule is CCC1(C(=O)O)CCCN(C(C)C2CCOC2)C1. The maximum Gasteiger partial charge on any atom is 0.310 e. The number of carboxylic acids is 1. The Hall–Kier alpha value is -0.610. The molecule has 3 unspecified atom stereocenters. The number of carbonyl (C=O) groups is 1. The Morgan fingerprint density at radius 2 is 2.39 bits per heavy atom. The van der Waals surface area contributed by atoms with Gasteiger partial charge in [-0.2, -0.15) is 0 Å². The summed E-state index contributed by atoms with van der Waals surface area (Å²) in [6, 6.07) is 0.443. The van der Waals surface area contributed by atoms with E-state index in [4.69, 9.17) is 4.74 Å². The molecule has 4 nitrogen and oxygen atoms in total. The highest BCUT2D eigenvalue weighted by Gasteiger charge is 2.42. The maximum absolute atomic E-state index is 11.5. The lowest BCUT2D eigenvalue weighted by molar-refractivity contribution is -0.153. The predicted octanol–water partition coefficient (Wildman–Crippen LogP) is 1.99. The summed E-state index contributed by atoms with van der Waals surface area (Å²) in [7, 11) is 0. The van der Waals surface area contributed by atoms with Gasteiger partial charge in [0.05, 0.1) is 12.0 Å². The largest absolute Gasteiger partial charge is 0.481 e. The van der Waals surface area contributed by atoms with Gasteiger partial charge >= 0.3 is 5.97 Å². The van der Waals surface area contributed by atoms with E-state index in [-0.39, 0.29) is 0 Å². The van der Waals surface area contributed by atoms with Crippen LogP contribution in [0.15, 0.2) is 0 Å². The van der Waals surface area contributed by atoms with E-state index in [1.165, 1.54) is 0 Å². The number of ether oxygens (including phenoxy) is 1. The zero-order valence-corrected chi connectivity index (χ0v) is 11.5. The number of carboxylic acid groups (broad SMARTS) is 1. The van der Waals surface area contributed by atoms with Crippen LogP contribution in [0.4, 0.5) is 0 Å². The quantitative estimate of drug-likeness (QED) is 0.834. The second kappa shape index (κ2) is 5.57. The van der Waals surface area contributed by atoms with Crippen molar-refractivity contribution in [2.75, 3.05) is 26.3 Å². The summed E-state index contributed by atoms with van der Waals surface area (Å²) >= 11 is 0. The van der Waals surface area contributed by atoms with Gasteiger partial charge in [-0.1, -0.05) is 6.92 Å². The molecule has 2 saturated heterocycles. The second-order valence-corrected chi connectivity index (χ2v) is 5.88. The van der Waals surface area contributed by atoms with Crippen LogP contribution in [0.3, 0.4) is 0 Å². The Bertz CT molecular complexity index is 301. The first-order valence-corrected chi connectivity index (χ1v) is 7.14. The molecule has 104 valence electrons. The monoisotopic (exact) mass is 255 g/mol. The van der Waals surface area contributed by atoms with Crippen molar-refractivity contribution in [1.29, 1.82) is 0 Å². The van der Waals surface area contributed by atoms with Crippen LogP contribution in [-0.2, 0) is 9.53 Å². The Kier molecular flexibility index (Phi) is 4.28. The van der Waals surface area contributed by atoms with E-state index in [2.05, 4.69) is 11.8 Å². The Balaban J connectivity index is 2.03. The van der Waals surface area contributed by atoms with Crippen LogP contribution >= 0.6 is 0 Å². The van der Waals surface area contributed by atoms with Gasteiger partial charge in [-0.25, -0.2) is 0 Å². The molecule has 0 spiro atoms. The van der Waals surface area contributed by atoms with Crippen molar-refractivity contribution in [3.8, 4) is 0 Å². The van der Waals surface area contributed by atoms with Crippen molar-refractivity contribution >= 4 is 5.97 Å². The molecule has 2 rings (SSSR count). The van der Waals surface area contributed by atoms with Gasteiger partial charge in [-0.3, -0.25) is 9.69 Å². The summed E-state index contributed by atoms with van der Waals surface area (Å²) in [6.07, 6.45) is 3.66. The molecule has 0 radical (unpaired) electrons. The van der Waals surface area contributed by atoms with Crippen LogP contribution in [0.1, 0.15) is 39.5 Å². The molecule has 0 bridgehead atoms. The molecule has 0 amide bonds. The minimum Gasteiger partial charge on any atom is -0.481 e. The lowest BCUT2D eigenvalue weighted by Gasteiger charge is -2.43. The Morgan fingerprint density at radius 1 is 1.61 bits per heavy atom. The van der Waals surface area contributed by atoms with Crippen molar-refractivity contribution in [2.24, 2.45) is 11.3 Å². The summed E-state index contributed by atoms with van der Waals surface area (Å²) in [5.41, 5.74) is -0.522. The molecule has 18 heavy (non-hydrogen) atoms. The third-order valence-corrected chi connectivity index (χ3v) is 4.96. The fourth-order valence-corrected chi connectivity index (χ4v) is 3.36. The van der Waals surface area contributed by atoms with Gasteiger partial charge in [0.15, 0.2) is 0 Å². The second-order valence-electron chi connectivity index (χ2n) is 5.88. The van der Waals surface area contributed by atoms with Gasteiger partial charge in [0.25, 0.3) is 0 Å². The number of hydrogen-bond acceptors (Lipinski definition) is 3. The topological polar surface area (TPSA) is 49.8 Å². The third-order valence-electron chi connectivity index (χ3n) is 4.96. The molecule has 0 saturated carbocycles. The molecule has 4 heteroatoms. The molecule has 3 atom stereocenters. The zero-order chi connectivity index (χ0) is 13.2. The van der Waals surface area contributed by atoms with Crippen molar-refractivity contribution in [2.45, 2.75) is 45.6 Å². The Morgan fingerprint density at radius 3 is 2.94 bits per heavy atom. The van der Waals surface area contributed by atoms with Gasteiger partial charge in [-0.15, -0.1) is 0 Å². The number of nitrogens with zero attached hydrogens (tertiary/aromatic N) is 1. The number of rotatable bonds is 4. The van der Waals surface area contributed by atoms with Gasteiger partial charge in [0.1, 0.15) is 0 Å². The van der Waals surface area contributed by atoms with E-state index in [9.17, 15) is 9.90 Å². The van der Waals surface area contributed by atoms with Crippen LogP contribution in [0, 0.1) is 11.3 Å². The smallest absolute Gasteiger partial charge is 0.310 e. The molecular weight excluding hydrogens is 230 g/mol. The number of piperidine rings is 1. The van der Waals surface area contributed by atoms with Crippen LogP contribution in [0.2, 0.25) is 0 Å². The highest BCUT2D eigenvalue weighted by Crippen LogP contribution is 2.36. The summed E-state index contributed by atoms with van der Waals surface area (Å²) in [4.78, 5) is 13.9. The molecule has 0 aliphatic carbocycles.